The van der Waals surface area contributed by atoms with Gasteiger partial charge in [0.05, 0.1) is 13.0 Å². The Morgan fingerprint density at radius 3 is 2.35 bits per heavy atom. The van der Waals surface area contributed by atoms with Gasteiger partial charge in [0, 0.05) is 7.05 Å². The van der Waals surface area contributed by atoms with E-state index in [9.17, 15) is 14.4 Å². The maximum Gasteiger partial charge on any atom is 0.327 e. The number of likely N-dealkylation sites (N-methyl/N-ethyl adjacent to an activating group) is 1. The van der Waals surface area contributed by atoms with Crippen LogP contribution in [-0.4, -0.2) is 41.2 Å². The SMILES string of the molecule is CN1CC(=O)N(Cc2ccc(CC(=O)NN)cc2)C1=O. The molecule has 1 aliphatic heterocycles. The number of benzene rings is 1. The third-order valence-electron chi connectivity index (χ3n) is 3.12. The summed E-state index contributed by atoms with van der Waals surface area (Å²) in [6.07, 6.45) is 0.196. The average Bonchev–Trinajstić information content (AvgIpc) is 2.67. The van der Waals surface area contributed by atoms with Gasteiger partial charge in [0.2, 0.25) is 5.91 Å². The van der Waals surface area contributed by atoms with E-state index in [1.165, 1.54) is 9.80 Å². The van der Waals surface area contributed by atoms with Gasteiger partial charge >= 0.3 is 6.03 Å². The summed E-state index contributed by atoms with van der Waals surface area (Å²) >= 11 is 0. The molecule has 0 spiro atoms. The van der Waals surface area contributed by atoms with Crippen molar-refractivity contribution in [3.63, 3.8) is 0 Å². The Balaban J connectivity index is 2.02. The Labute approximate surface area is 116 Å². The minimum atomic E-state index is -0.290. The molecule has 0 atom stereocenters. The Bertz CT molecular complexity index is 541. The van der Waals surface area contributed by atoms with Gasteiger partial charge in [0.1, 0.15) is 6.54 Å². The van der Waals surface area contributed by atoms with Crippen LogP contribution in [0.25, 0.3) is 0 Å². The number of urea groups is 1. The van der Waals surface area contributed by atoms with Gasteiger partial charge in [-0.15, -0.1) is 0 Å². The number of hydrazine groups is 1. The van der Waals surface area contributed by atoms with Crippen LogP contribution in [0.3, 0.4) is 0 Å². The van der Waals surface area contributed by atoms with Crippen molar-refractivity contribution in [3.05, 3.63) is 35.4 Å². The summed E-state index contributed by atoms with van der Waals surface area (Å²) in [5.41, 5.74) is 3.71. The maximum atomic E-state index is 11.7. The first-order chi connectivity index (χ1) is 9.51. The molecule has 1 aliphatic rings. The Morgan fingerprint density at radius 1 is 1.25 bits per heavy atom. The highest BCUT2D eigenvalue weighted by Crippen LogP contribution is 2.14. The second-order valence-electron chi connectivity index (χ2n) is 4.68. The van der Waals surface area contributed by atoms with Crippen LogP contribution in [0, 0.1) is 0 Å². The van der Waals surface area contributed by atoms with Gasteiger partial charge in [-0.1, -0.05) is 24.3 Å². The van der Waals surface area contributed by atoms with Gasteiger partial charge in [-0.05, 0) is 11.1 Å². The normalized spacial score (nSPS) is 14.9. The molecule has 1 heterocycles. The van der Waals surface area contributed by atoms with E-state index >= 15 is 0 Å². The lowest BCUT2D eigenvalue weighted by Crippen LogP contribution is -2.31. The minimum Gasteiger partial charge on any atom is -0.318 e. The lowest BCUT2D eigenvalue weighted by atomic mass is 10.1. The number of nitrogens with zero attached hydrogens (tertiary/aromatic N) is 2. The average molecular weight is 276 g/mol. The molecule has 3 N–H and O–H groups in total. The quantitative estimate of drug-likeness (QED) is 0.339. The molecule has 0 bridgehead atoms. The van der Waals surface area contributed by atoms with Crippen LogP contribution in [0.4, 0.5) is 4.79 Å². The molecule has 0 aromatic heterocycles. The lowest BCUT2D eigenvalue weighted by Gasteiger charge is -2.14. The van der Waals surface area contributed by atoms with Crippen molar-refractivity contribution >= 4 is 17.8 Å². The van der Waals surface area contributed by atoms with Crippen LogP contribution in [0.15, 0.2) is 24.3 Å². The fraction of sp³-hybridized carbons (Fsp3) is 0.308. The second-order valence-corrected chi connectivity index (χ2v) is 4.68. The molecule has 1 saturated heterocycles. The third kappa shape index (κ3) is 2.94. The second kappa shape index (κ2) is 5.70. The molecule has 0 unspecified atom stereocenters. The number of rotatable bonds is 4. The summed E-state index contributed by atoms with van der Waals surface area (Å²) in [6, 6.07) is 6.84. The summed E-state index contributed by atoms with van der Waals surface area (Å²) in [5.74, 6) is 4.54. The smallest absolute Gasteiger partial charge is 0.318 e. The first-order valence-electron chi connectivity index (χ1n) is 6.14. The Hall–Kier alpha value is -2.41. The molecule has 0 aliphatic carbocycles. The summed E-state index contributed by atoms with van der Waals surface area (Å²) in [7, 11) is 1.59. The molecule has 1 aromatic rings. The van der Waals surface area contributed by atoms with Crippen LogP contribution < -0.4 is 11.3 Å². The molecule has 106 valence electrons. The zero-order valence-electron chi connectivity index (χ0n) is 11.1. The number of imide groups is 1. The Kier molecular flexibility index (Phi) is 3.99. The summed E-state index contributed by atoms with van der Waals surface area (Å²) < 4.78 is 0. The van der Waals surface area contributed by atoms with Gasteiger partial charge in [-0.3, -0.25) is 19.9 Å². The van der Waals surface area contributed by atoms with Gasteiger partial charge in [-0.25, -0.2) is 10.6 Å². The zero-order valence-corrected chi connectivity index (χ0v) is 11.1. The molecule has 2 rings (SSSR count). The maximum absolute atomic E-state index is 11.7. The minimum absolute atomic E-state index is 0.119. The van der Waals surface area contributed by atoms with Crippen molar-refractivity contribution in [1.29, 1.82) is 0 Å². The molecule has 20 heavy (non-hydrogen) atoms. The monoisotopic (exact) mass is 276 g/mol. The van der Waals surface area contributed by atoms with E-state index in [2.05, 4.69) is 5.43 Å². The molecule has 7 heteroatoms. The van der Waals surface area contributed by atoms with Crippen molar-refractivity contribution in [1.82, 2.24) is 15.2 Å². The Morgan fingerprint density at radius 2 is 1.85 bits per heavy atom. The molecule has 1 fully saturated rings. The van der Waals surface area contributed by atoms with E-state index in [1.54, 1.807) is 31.3 Å². The van der Waals surface area contributed by atoms with E-state index < -0.39 is 0 Å². The van der Waals surface area contributed by atoms with Crippen LogP contribution in [0.1, 0.15) is 11.1 Å². The van der Waals surface area contributed by atoms with E-state index in [4.69, 9.17) is 5.84 Å². The number of hydrogen-bond acceptors (Lipinski definition) is 4. The van der Waals surface area contributed by atoms with Crippen LogP contribution in [0.5, 0.6) is 0 Å². The van der Waals surface area contributed by atoms with E-state index in [0.29, 0.717) is 0 Å². The fourth-order valence-corrected chi connectivity index (χ4v) is 2.01. The van der Waals surface area contributed by atoms with Gasteiger partial charge < -0.3 is 4.90 Å². The molecular formula is C13H16N4O3. The molecule has 0 radical (unpaired) electrons. The zero-order chi connectivity index (χ0) is 14.7. The first kappa shape index (κ1) is 14.0. The largest absolute Gasteiger partial charge is 0.327 e. The van der Waals surface area contributed by atoms with Crippen molar-refractivity contribution in [3.8, 4) is 0 Å². The molecule has 1 aromatic carbocycles. The van der Waals surface area contributed by atoms with Crippen molar-refractivity contribution < 1.29 is 14.4 Å². The predicted octanol–water partition coefficient (Wildman–Crippen LogP) is -0.387. The first-order valence-corrected chi connectivity index (χ1v) is 6.14. The summed E-state index contributed by atoms with van der Waals surface area (Å²) in [6.45, 7) is 0.360. The van der Waals surface area contributed by atoms with Crippen LogP contribution in [-0.2, 0) is 22.6 Å². The van der Waals surface area contributed by atoms with Gasteiger partial charge in [-0.2, -0.15) is 0 Å². The topological polar surface area (TPSA) is 95.7 Å². The highest BCUT2D eigenvalue weighted by Gasteiger charge is 2.33. The standard InChI is InChI=1S/C13H16N4O3/c1-16-8-12(19)17(13(16)20)7-10-4-2-9(3-5-10)6-11(18)15-14/h2-5H,6-8,14H2,1H3,(H,15,18). The van der Waals surface area contributed by atoms with E-state index in [-0.39, 0.29) is 37.4 Å². The van der Waals surface area contributed by atoms with Crippen LogP contribution >= 0.6 is 0 Å². The van der Waals surface area contributed by atoms with Crippen molar-refractivity contribution in [2.24, 2.45) is 5.84 Å². The van der Waals surface area contributed by atoms with Gasteiger partial charge in [0.15, 0.2) is 0 Å². The van der Waals surface area contributed by atoms with Gasteiger partial charge in [0.25, 0.3) is 5.91 Å². The summed E-state index contributed by atoms with van der Waals surface area (Å²) in [4.78, 5) is 37.1. The number of hydrogen-bond donors (Lipinski definition) is 2. The number of nitrogens with two attached hydrogens (primary N) is 1. The van der Waals surface area contributed by atoms with Crippen LogP contribution in [0.2, 0.25) is 0 Å². The number of carbonyl (C=O) groups is 3. The third-order valence-corrected chi connectivity index (χ3v) is 3.12. The molecule has 4 amide bonds. The molecular weight excluding hydrogens is 260 g/mol. The van der Waals surface area contributed by atoms with E-state index in [0.717, 1.165) is 11.1 Å². The van der Waals surface area contributed by atoms with E-state index in [1.807, 2.05) is 0 Å². The molecule has 7 nitrogen and oxygen atoms in total. The molecule has 0 saturated carbocycles. The summed E-state index contributed by atoms with van der Waals surface area (Å²) in [5, 5.41) is 0. The highest BCUT2D eigenvalue weighted by molar-refractivity contribution is 6.01. The van der Waals surface area contributed by atoms with Crippen molar-refractivity contribution in [2.75, 3.05) is 13.6 Å². The number of nitrogens with one attached hydrogen (secondary N) is 1. The lowest BCUT2D eigenvalue weighted by molar-refractivity contribution is -0.125. The predicted molar refractivity (Wildman–Crippen MR) is 71.1 cm³/mol. The fourth-order valence-electron chi connectivity index (χ4n) is 2.01. The number of carbonyl (C=O) groups excluding carboxylic acids is 3. The van der Waals surface area contributed by atoms with Crippen molar-refractivity contribution in [2.45, 2.75) is 13.0 Å². The number of amides is 4. The highest BCUT2D eigenvalue weighted by atomic mass is 16.2.